The third kappa shape index (κ3) is 6.02. The van der Waals surface area contributed by atoms with Crippen LogP contribution in [0, 0.1) is 20.8 Å². The van der Waals surface area contributed by atoms with Crippen LogP contribution < -0.4 is 5.84 Å². The predicted molar refractivity (Wildman–Crippen MR) is 110 cm³/mol. The standard InChI is InChI=1S/C20H31N3O5S/c1-5-27-18(14-24)8-6-7-9-22-10-11-23(21)20(22)28-29(25,26)19-16(3)12-15(2)13-17(19)4/h10-14,18,20H,5-9,21H2,1-4H3. The quantitative estimate of drug-likeness (QED) is 0.249. The van der Waals surface area contributed by atoms with Crippen molar-refractivity contribution in [2.75, 3.05) is 13.2 Å². The van der Waals surface area contributed by atoms with E-state index in [-0.39, 0.29) is 4.90 Å². The first-order chi connectivity index (χ1) is 13.7. The molecule has 2 atom stereocenters. The molecule has 0 fully saturated rings. The molecule has 162 valence electrons. The smallest absolute Gasteiger partial charge is 0.301 e. The fourth-order valence-electron chi connectivity index (χ4n) is 3.54. The minimum Gasteiger partial charge on any atom is -0.371 e. The first kappa shape index (κ1) is 23.3. The monoisotopic (exact) mass is 425 g/mol. The van der Waals surface area contributed by atoms with Crippen LogP contribution in [0.2, 0.25) is 0 Å². The molecule has 0 radical (unpaired) electrons. The molecule has 0 spiro atoms. The minimum absolute atomic E-state index is 0.175. The maximum absolute atomic E-state index is 12.9. The fourth-order valence-corrected chi connectivity index (χ4v) is 4.98. The van der Waals surface area contributed by atoms with Crippen molar-refractivity contribution in [2.45, 2.75) is 64.3 Å². The number of ether oxygens (including phenoxy) is 1. The highest BCUT2D eigenvalue weighted by Crippen LogP contribution is 2.27. The summed E-state index contributed by atoms with van der Waals surface area (Å²) in [4.78, 5) is 12.9. The summed E-state index contributed by atoms with van der Waals surface area (Å²) < 4.78 is 36.7. The molecule has 0 bridgehead atoms. The zero-order valence-electron chi connectivity index (χ0n) is 17.5. The molecule has 1 aliphatic heterocycles. The molecule has 1 aromatic carbocycles. The zero-order chi connectivity index (χ0) is 21.6. The van der Waals surface area contributed by atoms with Crippen LogP contribution >= 0.6 is 0 Å². The highest BCUT2D eigenvalue weighted by atomic mass is 32.2. The van der Waals surface area contributed by atoms with E-state index in [1.807, 2.05) is 26.0 Å². The van der Waals surface area contributed by atoms with Gasteiger partial charge in [0.05, 0.1) is 0 Å². The van der Waals surface area contributed by atoms with Gasteiger partial charge in [0.15, 0.2) is 0 Å². The van der Waals surface area contributed by atoms with Crippen LogP contribution in [0.3, 0.4) is 0 Å². The number of nitrogens with zero attached hydrogens (tertiary/aromatic N) is 2. The van der Waals surface area contributed by atoms with Crippen molar-refractivity contribution in [3.8, 4) is 0 Å². The van der Waals surface area contributed by atoms with Crippen molar-refractivity contribution in [3.05, 3.63) is 41.2 Å². The number of unbranched alkanes of at least 4 members (excludes halogenated alkanes) is 1. The van der Waals surface area contributed by atoms with Crippen molar-refractivity contribution < 1.29 is 22.1 Å². The number of carbonyl (C=O) groups is 1. The van der Waals surface area contributed by atoms with E-state index in [0.717, 1.165) is 24.7 Å². The van der Waals surface area contributed by atoms with Gasteiger partial charge >= 0.3 is 10.1 Å². The second kappa shape index (κ2) is 10.2. The number of aldehydes is 1. The van der Waals surface area contributed by atoms with Gasteiger partial charge < -0.3 is 14.4 Å². The van der Waals surface area contributed by atoms with Gasteiger partial charge in [0.1, 0.15) is 17.3 Å². The molecule has 0 amide bonds. The molecule has 0 aliphatic carbocycles. The first-order valence-corrected chi connectivity index (χ1v) is 11.2. The first-order valence-electron chi connectivity index (χ1n) is 9.74. The third-order valence-electron chi connectivity index (χ3n) is 4.72. The number of carbonyl (C=O) groups excluding carboxylic acids is 1. The van der Waals surface area contributed by atoms with Crippen LogP contribution in [0.25, 0.3) is 0 Å². The van der Waals surface area contributed by atoms with Crippen LogP contribution in [0.5, 0.6) is 0 Å². The van der Waals surface area contributed by atoms with E-state index in [1.165, 1.54) is 5.01 Å². The van der Waals surface area contributed by atoms with Gasteiger partial charge in [-0.15, -0.1) is 0 Å². The Bertz CT molecular complexity index is 818. The molecule has 0 aromatic heterocycles. The summed E-state index contributed by atoms with van der Waals surface area (Å²) in [5, 5.41) is 1.23. The predicted octanol–water partition coefficient (Wildman–Crippen LogP) is 2.34. The van der Waals surface area contributed by atoms with Crippen molar-refractivity contribution in [3.63, 3.8) is 0 Å². The number of benzene rings is 1. The average Bonchev–Trinajstić information content (AvgIpc) is 2.96. The van der Waals surface area contributed by atoms with Gasteiger partial charge in [-0.2, -0.15) is 8.42 Å². The van der Waals surface area contributed by atoms with Gasteiger partial charge in [-0.3, -0.25) is 5.01 Å². The Balaban J connectivity index is 2.02. The van der Waals surface area contributed by atoms with E-state index < -0.39 is 22.6 Å². The summed E-state index contributed by atoms with van der Waals surface area (Å²) in [5.41, 5.74) is 2.27. The van der Waals surface area contributed by atoms with Gasteiger partial charge in [-0.1, -0.05) is 17.7 Å². The van der Waals surface area contributed by atoms with Crippen LogP contribution in [-0.4, -0.2) is 50.2 Å². The molecule has 1 aliphatic rings. The lowest BCUT2D eigenvalue weighted by Gasteiger charge is -2.29. The largest absolute Gasteiger partial charge is 0.371 e. The minimum atomic E-state index is -4.01. The molecule has 9 heteroatoms. The molecular formula is C20H31N3O5S. The maximum atomic E-state index is 12.9. The highest BCUT2D eigenvalue weighted by molar-refractivity contribution is 7.86. The Kier molecular flexibility index (Phi) is 8.21. The van der Waals surface area contributed by atoms with Gasteiger partial charge in [-0.25, -0.2) is 10.0 Å². The second-order valence-corrected chi connectivity index (χ2v) is 8.72. The second-order valence-electron chi connectivity index (χ2n) is 7.21. The Morgan fingerprint density at radius 1 is 1.17 bits per heavy atom. The Hall–Kier alpha value is -1.94. The van der Waals surface area contributed by atoms with Crippen molar-refractivity contribution in [1.29, 1.82) is 0 Å². The van der Waals surface area contributed by atoms with E-state index in [1.54, 1.807) is 31.1 Å². The molecule has 8 nitrogen and oxygen atoms in total. The number of hydrogen-bond acceptors (Lipinski definition) is 8. The number of aryl methyl sites for hydroxylation is 3. The molecule has 1 heterocycles. The Morgan fingerprint density at radius 3 is 2.41 bits per heavy atom. The molecule has 2 N–H and O–H groups in total. The summed E-state index contributed by atoms with van der Waals surface area (Å²) in [7, 11) is -4.01. The average molecular weight is 426 g/mol. The summed E-state index contributed by atoms with van der Waals surface area (Å²) >= 11 is 0. The van der Waals surface area contributed by atoms with Crippen LogP contribution in [0.15, 0.2) is 29.4 Å². The molecule has 29 heavy (non-hydrogen) atoms. The number of hydrazine groups is 1. The van der Waals surface area contributed by atoms with Crippen LogP contribution in [0.1, 0.15) is 42.9 Å². The number of hydrogen-bond donors (Lipinski definition) is 1. The van der Waals surface area contributed by atoms with Crippen LogP contribution in [-0.2, 0) is 23.8 Å². The van der Waals surface area contributed by atoms with E-state index in [0.29, 0.717) is 30.7 Å². The lowest BCUT2D eigenvalue weighted by molar-refractivity contribution is -0.118. The Labute approximate surface area is 173 Å². The van der Waals surface area contributed by atoms with Gasteiger partial charge in [0, 0.05) is 25.6 Å². The summed E-state index contributed by atoms with van der Waals surface area (Å²) in [6.07, 6.45) is 4.84. The topological polar surface area (TPSA) is 102 Å². The molecule has 2 rings (SSSR count). The molecule has 1 aromatic rings. The lowest BCUT2D eigenvalue weighted by Crippen LogP contribution is -2.45. The maximum Gasteiger partial charge on any atom is 0.301 e. The lowest BCUT2D eigenvalue weighted by atomic mass is 10.1. The van der Waals surface area contributed by atoms with Gasteiger partial charge in [0.2, 0.25) is 6.35 Å². The van der Waals surface area contributed by atoms with E-state index >= 15 is 0 Å². The SMILES string of the molecule is CCOC(C=O)CCCCN1C=CN(N)C1OS(=O)(=O)c1c(C)cc(C)cc1C. The van der Waals surface area contributed by atoms with Crippen LogP contribution in [0.4, 0.5) is 0 Å². The number of nitrogens with two attached hydrogens (primary N) is 1. The summed E-state index contributed by atoms with van der Waals surface area (Å²) in [6, 6.07) is 3.63. The van der Waals surface area contributed by atoms with E-state index in [9.17, 15) is 13.2 Å². The number of rotatable bonds is 11. The molecular weight excluding hydrogens is 394 g/mol. The van der Waals surface area contributed by atoms with E-state index in [2.05, 4.69) is 0 Å². The third-order valence-corrected chi connectivity index (χ3v) is 6.29. The molecule has 0 saturated heterocycles. The van der Waals surface area contributed by atoms with Crippen molar-refractivity contribution in [2.24, 2.45) is 5.84 Å². The molecule has 0 saturated carbocycles. The molecule has 2 unspecified atom stereocenters. The van der Waals surface area contributed by atoms with Crippen molar-refractivity contribution >= 4 is 16.4 Å². The van der Waals surface area contributed by atoms with Gasteiger partial charge in [0.25, 0.3) is 0 Å². The Morgan fingerprint density at radius 2 is 1.83 bits per heavy atom. The van der Waals surface area contributed by atoms with Gasteiger partial charge in [-0.05, 0) is 58.1 Å². The highest BCUT2D eigenvalue weighted by Gasteiger charge is 2.32. The van der Waals surface area contributed by atoms with Crippen molar-refractivity contribution in [1.82, 2.24) is 9.91 Å². The van der Waals surface area contributed by atoms with E-state index in [4.69, 9.17) is 14.8 Å². The fraction of sp³-hybridized carbons (Fsp3) is 0.550. The summed E-state index contributed by atoms with van der Waals surface area (Å²) in [5.74, 6) is 5.92. The normalized spacial score (nSPS) is 17.8. The zero-order valence-corrected chi connectivity index (χ0v) is 18.3. The summed E-state index contributed by atoms with van der Waals surface area (Å²) in [6.45, 7) is 8.30.